The number of aromatic nitrogens is 3. The first-order valence-corrected chi connectivity index (χ1v) is 13.2. The minimum absolute atomic E-state index is 0.0991. The minimum Gasteiger partial charge on any atom is -0.454 e. The van der Waals surface area contributed by atoms with Crippen LogP contribution in [0.2, 0.25) is 0 Å². The summed E-state index contributed by atoms with van der Waals surface area (Å²) in [5, 5.41) is 11.4. The average Bonchev–Trinajstić information content (AvgIpc) is 3.61. The van der Waals surface area contributed by atoms with Gasteiger partial charge in [-0.3, -0.25) is 9.59 Å². The summed E-state index contributed by atoms with van der Waals surface area (Å²) in [6, 6.07) is 17.8. The Bertz CT molecular complexity index is 1570. The fourth-order valence-electron chi connectivity index (χ4n) is 5.29. The molecule has 9 nitrogen and oxygen atoms in total. The molecule has 1 N–H and O–H groups in total. The van der Waals surface area contributed by atoms with Crippen molar-refractivity contribution in [1.82, 2.24) is 19.9 Å². The standard InChI is InChI=1S/C30H28FN5O4/c31-22-12-10-20(11-13-22)17-35(28(37)18-36-25-9-5-4-8-24(25)33-34-36)29(21-6-2-1-3-7-21)30(38)32-23-14-15-26-27(16-23)40-19-39-26/h1-2,4-5,8-16,21,29H,3,6-7,17-19H2,(H,32,38). The van der Waals surface area contributed by atoms with Gasteiger partial charge in [-0.1, -0.05) is 41.6 Å². The summed E-state index contributed by atoms with van der Waals surface area (Å²) in [6.07, 6.45) is 6.36. The first-order chi connectivity index (χ1) is 19.5. The Morgan fingerprint density at radius 2 is 1.88 bits per heavy atom. The largest absolute Gasteiger partial charge is 0.454 e. The lowest BCUT2D eigenvalue weighted by molar-refractivity contribution is -0.142. The van der Waals surface area contributed by atoms with Crippen LogP contribution in [0.25, 0.3) is 11.0 Å². The molecule has 3 aromatic carbocycles. The zero-order valence-corrected chi connectivity index (χ0v) is 21.7. The topological polar surface area (TPSA) is 98.6 Å². The van der Waals surface area contributed by atoms with Crippen LogP contribution in [0.1, 0.15) is 24.8 Å². The third-order valence-corrected chi connectivity index (χ3v) is 7.29. The molecule has 0 spiro atoms. The molecule has 1 aromatic heterocycles. The van der Waals surface area contributed by atoms with Crippen LogP contribution in [0.15, 0.2) is 78.9 Å². The van der Waals surface area contributed by atoms with Gasteiger partial charge in [0.15, 0.2) is 11.5 Å². The van der Waals surface area contributed by atoms with Crippen molar-refractivity contribution in [2.75, 3.05) is 12.1 Å². The molecule has 0 saturated carbocycles. The molecule has 0 saturated heterocycles. The van der Waals surface area contributed by atoms with Gasteiger partial charge in [-0.2, -0.15) is 0 Å². The Hall–Kier alpha value is -4.73. The van der Waals surface area contributed by atoms with Crippen LogP contribution in [0, 0.1) is 11.7 Å². The molecule has 10 heteroatoms. The van der Waals surface area contributed by atoms with Gasteiger partial charge in [0.25, 0.3) is 0 Å². The molecule has 0 fully saturated rings. The van der Waals surface area contributed by atoms with E-state index in [4.69, 9.17) is 9.47 Å². The fourth-order valence-corrected chi connectivity index (χ4v) is 5.29. The lowest BCUT2D eigenvalue weighted by Gasteiger charge is -2.37. The number of carbonyl (C=O) groups is 2. The second kappa shape index (κ2) is 11.2. The van der Waals surface area contributed by atoms with Gasteiger partial charge in [-0.15, -0.1) is 5.10 Å². The van der Waals surface area contributed by atoms with E-state index in [2.05, 4.69) is 27.8 Å². The molecule has 2 heterocycles. The van der Waals surface area contributed by atoms with E-state index in [1.807, 2.05) is 24.3 Å². The molecule has 2 amide bonds. The van der Waals surface area contributed by atoms with Gasteiger partial charge in [-0.25, -0.2) is 9.07 Å². The second-order valence-corrected chi connectivity index (χ2v) is 9.93. The number of para-hydroxylation sites is 1. The molecule has 40 heavy (non-hydrogen) atoms. The third kappa shape index (κ3) is 5.38. The number of rotatable bonds is 8. The van der Waals surface area contributed by atoms with Crippen molar-refractivity contribution in [1.29, 1.82) is 0 Å². The van der Waals surface area contributed by atoms with Crippen LogP contribution in [-0.4, -0.2) is 44.5 Å². The van der Waals surface area contributed by atoms with Crippen LogP contribution < -0.4 is 14.8 Å². The molecule has 204 valence electrons. The maximum Gasteiger partial charge on any atom is 0.247 e. The van der Waals surface area contributed by atoms with Crippen molar-refractivity contribution in [2.24, 2.45) is 5.92 Å². The maximum absolute atomic E-state index is 14.0. The van der Waals surface area contributed by atoms with E-state index < -0.39 is 6.04 Å². The highest BCUT2D eigenvalue weighted by atomic mass is 19.1. The minimum atomic E-state index is -0.789. The number of halogens is 1. The van der Waals surface area contributed by atoms with E-state index >= 15 is 0 Å². The highest BCUT2D eigenvalue weighted by molar-refractivity contribution is 5.98. The summed E-state index contributed by atoms with van der Waals surface area (Å²) in [4.78, 5) is 29.7. The Labute approximate surface area is 230 Å². The average molecular weight is 542 g/mol. The van der Waals surface area contributed by atoms with Crippen molar-refractivity contribution < 1.29 is 23.5 Å². The number of nitrogens with one attached hydrogen (secondary N) is 1. The number of nitrogens with zero attached hydrogens (tertiary/aromatic N) is 4. The summed E-state index contributed by atoms with van der Waals surface area (Å²) in [6.45, 7) is 0.157. The smallest absolute Gasteiger partial charge is 0.247 e. The fraction of sp³-hybridized carbons (Fsp3) is 0.267. The van der Waals surface area contributed by atoms with Crippen LogP contribution in [0.3, 0.4) is 0 Å². The second-order valence-electron chi connectivity index (χ2n) is 9.93. The van der Waals surface area contributed by atoms with Crippen molar-refractivity contribution >= 4 is 28.5 Å². The maximum atomic E-state index is 14.0. The predicted octanol–water partition coefficient (Wildman–Crippen LogP) is 4.69. The molecular weight excluding hydrogens is 513 g/mol. The normalized spacial score (nSPS) is 16.6. The summed E-state index contributed by atoms with van der Waals surface area (Å²) >= 11 is 0. The lowest BCUT2D eigenvalue weighted by Crippen LogP contribution is -2.52. The summed E-state index contributed by atoms with van der Waals surface area (Å²) in [5.41, 5.74) is 2.65. The molecule has 2 atom stereocenters. The van der Waals surface area contributed by atoms with Crippen molar-refractivity contribution in [3.63, 3.8) is 0 Å². The Morgan fingerprint density at radius 1 is 1.05 bits per heavy atom. The number of carbonyl (C=O) groups excluding carboxylic acids is 2. The molecule has 2 aliphatic rings. The number of allylic oxidation sites excluding steroid dienone is 2. The zero-order chi connectivity index (χ0) is 27.5. The first kappa shape index (κ1) is 25.5. The van der Waals surface area contributed by atoms with Crippen LogP contribution in [0.4, 0.5) is 10.1 Å². The van der Waals surface area contributed by atoms with Gasteiger partial charge in [0.1, 0.15) is 23.9 Å². The van der Waals surface area contributed by atoms with Gasteiger partial charge >= 0.3 is 0 Å². The molecule has 2 unspecified atom stereocenters. The Morgan fingerprint density at radius 3 is 2.70 bits per heavy atom. The zero-order valence-electron chi connectivity index (χ0n) is 21.7. The number of fused-ring (bicyclic) bond motifs is 2. The molecule has 1 aliphatic heterocycles. The van der Waals surface area contributed by atoms with Crippen LogP contribution >= 0.6 is 0 Å². The number of hydrogen-bond donors (Lipinski definition) is 1. The van der Waals surface area contributed by atoms with E-state index in [1.165, 1.54) is 12.1 Å². The first-order valence-electron chi connectivity index (χ1n) is 13.2. The summed E-state index contributed by atoms with van der Waals surface area (Å²) in [7, 11) is 0. The quantitative estimate of drug-likeness (QED) is 0.325. The summed E-state index contributed by atoms with van der Waals surface area (Å²) < 4.78 is 26.1. The van der Waals surface area contributed by atoms with Crippen molar-refractivity contribution in [2.45, 2.75) is 38.4 Å². The van der Waals surface area contributed by atoms with Gasteiger partial charge in [0, 0.05) is 18.3 Å². The third-order valence-electron chi connectivity index (χ3n) is 7.29. The van der Waals surface area contributed by atoms with Crippen molar-refractivity contribution in [3.05, 3.63) is 90.3 Å². The molecule has 1 aliphatic carbocycles. The Balaban J connectivity index is 1.34. The Kier molecular flexibility index (Phi) is 7.13. The molecule has 0 bridgehead atoms. The van der Waals surface area contributed by atoms with E-state index in [-0.39, 0.29) is 43.4 Å². The number of ether oxygens (including phenoxy) is 2. The number of amides is 2. The van der Waals surface area contributed by atoms with Gasteiger partial charge < -0.3 is 19.7 Å². The lowest BCUT2D eigenvalue weighted by atomic mass is 9.85. The van der Waals surface area contributed by atoms with Crippen LogP contribution in [-0.2, 0) is 22.7 Å². The van der Waals surface area contributed by atoms with E-state index in [0.29, 0.717) is 34.7 Å². The highest BCUT2D eigenvalue weighted by Crippen LogP contribution is 2.35. The van der Waals surface area contributed by atoms with E-state index in [9.17, 15) is 14.0 Å². The van der Waals surface area contributed by atoms with Gasteiger partial charge in [0.2, 0.25) is 18.6 Å². The van der Waals surface area contributed by atoms with Gasteiger partial charge in [-0.05, 0) is 67.1 Å². The van der Waals surface area contributed by atoms with Crippen LogP contribution in [0.5, 0.6) is 11.5 Å². The molecule has 4 aromatic rings. The number of anilines is 1. The highest BCUT2D eigenvalue weighted by Gasteiger charge is 2.37. The molecular formula is C30H28FN5O4. The number of hydrogen-bond acceptors (Lipinski definition) is 6. The van der Waals surface area contributed by atoms with Gasteiger partial charge in [0.05, 0.1) is 5.52 Å². The van der Waals surface area contributed by atoms with E-state index in [1.54, 1.807) is 39.9 Å². The monoisotopic (exact) mass is 541 g/mol. The summed E-state index contributed by atoms with van der Waals surface area (Å²) in [5.74, 6) is 0.0759. The number of benzene rings is 3. The SMILES string of the molecule is O=C(Nc1ccc2c(c1)OCO2)C(C1CC=CCC1)N(Cc1ccc(F)cc1)C(=O)Cn1nnc2ccccc21. The molecule has 0 radical (unpaired) electrons. The van der Waals surface area contributed by atoms with Crippen molar-refractivity contribution in [3.8, 4) is 11.5 Å². The predicted molar refractivity (Wildman–Crippen MR) is 146 cm³/mol. The van der Waals surface area contributed by atoms with E-state index in [0.717, 1.165) is 18.4 Å². The molecule has 6 rings (SSSR count).